The van der Waals surface area contributed by atoms with Crippen LogP contribution in [0.1, 0.15) is 33.6 Å². The molecule has 3 heterocycles. The summed E-state index contributed by atoms with van der Waals surface area (Å²) in [5.74, 6) is -0.609. The number of alkyl carbamates (subject to hydrolysis) is 1. The van der Waals surface area contributed by atoms with Crippen LogP contribution < -0.4 is 21.7 Å². The van der Waals surface area contributed by atoms with E-state index in [-0.39, 0.29) is 24.6 Å². The molecule has 4 amide bonds. The highest BCUT2D eigenvalue weighted by molar-refractivity contribution is 6.03. The number of benzene rings is 1. The molecular weight excluding hydrogens is 529 g/mol. The topological polar surface area (TPSA) is 164 Å². The Morgan fingerprint density at radius 1 is 1.02 bits per heavy atom. The van der Waals surface area contributed by atoms with E-state index in [0.29, 0.717) is 12.1 Å². The molecule has 0 aliphatic heterocycles. The highest BCUT2D eigenvalue weighted by Gasteiger charge is 2.25. The van der Waals surface area contributed by atoms with Crippen LogP contribution in [0.15, 0.2) is 60.9 Å². The van der Waals surface area contributed by atoms with Crippen LogP contribution in [0.3, 0.4) is 0 Å². The van der Waals surface area contributed by atoms with Crippen LogP contribution in [0, 0.1) is 5.82 Å². The highest BCUT2D eigenvalue weighted by Crippen LogP contribution is 2.38. The van der Waals surface area contributed by atoms with Crippen molar-refractivity contribution < 1.29 is 23.5 Å². The fraction of sp³-hybridized carbons (Fsp3) is 0.276. The first-order valence-electron chi connectivity index (χ1n) is 13.0. The molecule has 4 rings (SSSR count). The molecule has 0 fully saturated rings. The second-order valence-corrected chi connectivity index (χ2v) is 10.3. The van der Waals surface area contributed by atoms with Gasteiger partial charge in [-0.15, -0.1) is 0 Å². The number of fused-ring (bicyclic) bond motifs is 1. The number of carbonyl (C=O) groups is 3. The van der Waals surface area contributed by atoms with E-state index in [1.165, 1.54) is 12.1 Å². The maximum atomic E-state index is 13.6. The summed E-state index contributed by atoms with van der Waals surface area (Å²) in [6.07, 6.45) is 3.19. The molecule has 1 unspecified atom stereocenters. The van der Waals surface area contributed by atoms with Crippen LogP contribution in [0.25, 0.3) is 33.4 Å². The molecule has 0 saturated heterocycles. The summed E-state index contributed by atoms with van der Waals surface area (Å²) >= 11 is 0. The van der Waals surface area contributed by atoms with Gasteiger partial charge in [0, 0.05) is 29.9 Å². The number of aromatic amines is 1. The maximum Gasteiger partial charge on any atom is 0.408 e. The average molecular weight is 562 g/mol. The zero-order chi connectivity index (χ0) is 29.6. The van der Waals surface area contributed by atoms with E-state index in [0.717, 1.165) is 27.8 Å². The van der Waals surface area contributed by atoms with Crippen molar-refractivity contribution >= 4 is 34.9 Å². The van der Waals surface area contributed by atoms with E-state index in [2.05, 4.69) is 30.9 Å². The zero-order valence-electron chi connectivity index (χ0n) is 23.0. The second kappa shape index (κ2) is 12.5. The Labute approximate surface area is 236 Å². The fourth-order valence-electron chi connectivity index (χ4n) is 4.24. The minimum absolute atomic E-state index is 0.205. The summed E-state index contributed by atoms with van der Waals surface area (Å²) in [4.78, 5) is 48.7. The third-order valence-electron chi connectivity index (χ3n) is 5.99. The molecule has 6 N–H and O–H groups in total. The number of hydrogen-bond donors (Lipinski definition) is 5. The number of aromatic nitrogens is 3. The van der Waals surface area contributed by atoms with E-state index in [9.17, 15) is 18.8 Å². The van der Waals surface area contributed by atoms with Gasteiger partial charge in [-0.3, -0.25) is 9.78 Å². The van der Waals surface area contributed by atoms with E-state index in [1.54, 1.807) is 51.4 Å². The molecule has 0 saturated carbocycles. The standard InChI is InChI=1S/C29H32FN7O4/c1-29(2,3)41-28(40)34-21(5-4-14-33-27(31)39)26(38)36-22-11-10-20-23(17-12-15-32-16-13-17)24(37-25(20)35-22)18-6-8-19(30)9-7-18/h6-13,15-16,21H,4-5,14H2,1-3H3,(H,34,40)(H3,31,33,39)(H2,35,36,37,38). The number of H-pyrrole nitrogens is 1. The Hall–Kier alpha value is -5.00. The number of nitrogens with one attached hydrogen (secondary N) is 4. The molecule has 11 nitrogen and oxygen atoms in total. The minimum atomic E-state index is -0.970. The van der Waals surface area contributed by atoms with Crippen molar-refractivity contribution in [2.75, 3.05) is 11.9 Å². The summed E-state index contributed by atoms with van der Waals surface area (Å²) < 4.78 is 18.9. The van der Waals surface area contributed by atoms with Crippen LogP contribution in [0.2, 0.25) is 0 Å². The monoisotopic (exact) mass is 561 g/mol. The Kier molecular flexibility index (Phi) is 8.81. The van der Waals surface area contributed by atoms with Gasteiger partial charge in [0.25, 0.3) is 0 Å². The number of carbonyl (C=O) groups excluding carboxylic acids is 3. The van der Waals surface area contributed by atoms with Crippen LogP contribution in [0.4, 0.5) is 19.8 Å². The number of nitrogens with two attached hydrogens (primary N) is 1. The van der Waals surface area contributed by atoms with Crippen LogP contribution in [-0.4, -0.2) is 51.2 Å². The molecule has 0 spiro atoms. The van der Waals surface area contributed by atoms with Crippen molar-refractivity contribution in [1.82, 2.24) is 25.6 Å². The van der Waals surface area contributed by atoms with Gasteiger partial charge in [-0.2, -0.15) is 0 Å². The first-order valence-corrected chi connectivity index (χ1v) is 13.0. The first-order chi connectivity index (χ1) is 19.5. The van der Waals surface area contributed by atoms with Crippen LogP contribution in [-0.2, 0) is 9.53 Å². The van der Waals surface area contributed by atoms with Crippen molar-refractivity contribution in [1.29, 1.82) is 0 Å². The molecule has 214 valence electrons. The number of anilines is 1. The summed E-state index contributed by atoms with van der Waals surface area (Å²) in [5.41, 5.74) is 8.07. The van der Waals surface area contributed by atoms with Crippen molar-refractivity contribution in [3.05, 3.63) is 66.7 Å². The van der Waals surface area contributed by atoms with Crippen molar-refractivity contribution in [2.45, 2.75) is 45.3 Å². The number of nitrogens with zero attached hydrogens (tertiary/aromatic N) is 2. The minimum Gasteiger partial charge on any atom is -0.444 e. The van der Waals surface area contributed by atoms with Gasteiger partial charge >= 0.3 is 12.1 Å². The SMILES string of the molecule is CC(C)(C)OC(=O)NC(CCCNC(N)=O)C(=O)Nc1ccc2c(-c3ccncc3)c(-c3ccc(F)cc3)[nH]c2n1. The molecular formula is C29H32FN7O4. The van der Waals surface area contributed by atoms with Gasteiger partial charge in [-0.1, -0.05) is 0 Å². The predicted molar refractivity (Wildman–Crippen MR) is 153 cm³/mol. The number of rotatable bonds is 9. The quantitative estimate of drug-likeness (QED) is 0.186. The molecule has 1 aromatic carbocycles. The lowest BCUT2D eigenvalue weighted by molar-refractivity contribution is -0.118. The van der Waals surface area contributed by atoms with Gasteiger partial charge in [0.05, 0.1) is 5.69 Å². The molecule has 41 heavy (non-hydrogen) atoms. The number of urea groups is 1. The summed E-state index contributed by atoms with van der Waals surface area (Å²) in [6, 6.07) is 11.7. The molecule has 4 aromatic rings. The predicted octanol–water partition coefficient (Wildman–Crippen LogP) is 4.71. The molecule has 0 radical (unpaired) electrons. The lowest BCUT2D eigenvalue weighted by Crippen LogP contribution is -2.46. The van der Waals surface area contributed by atoms with Gasteiger partial charge in [0.2, 0.25) is 5.91 Å². The van der Waals surface area contributed by atoms with Gasteiger partial charge in [0.15, 0.2) is 0 Å². The fourth-order valence-corrected chi connectivity index (χ4v) is 4.24. The number of pyridine rings is 2. The van der Waals surface area contributed by atoms with E-state index in [4.69, 9.17) is 10.5 Å². The molecule has 0 aliphatic rings. The Bertz CT molecular complexity index is 1530. The lowest BCUT2D eigenvalue weighted by atomic mass is 10.00. The van der Waals surface area contributed by atoms with Crippen molar-refractivity contribution in [2.24, 2.45) is 5.73 Å². The number of ether oxygens (including phenoxy) is 1. The third kappa shape index (κ3) is 7.78. The normalized spacial score (nSPS) is 12.0. The van der Waals surface area contributed by atoms with Gasteiger partial charge in [-0.25, -0.2) is 19.0 Å². The van der Waals surface area contributed by atoms with E-state index < -0.39 is 29.7 Å². The van der Waals surface area contributed by atoms with Crippen LogP contribution >= 0.6 is 0 Å². The Morgan fingerprint density at radius 3 is 2.39 bits per heavy atom. The lowest BCUT2D eigenvalue weighted by Gasteiger charge is -2.23. The van der Waals surface area contributed by atoms with Gasteiger partial charge in [0.1, 0.15) is 28.9 Å². The maximum absolute atomic E-state index is 13.6. The Morgan fingerprint density at radius 2 is 1.73 bits per heavy atom. The summed E-state index contributed by atoms with van der Waals surface area (Å²) in [7, 11) is 0. The third-order valence-corrected chi connectivity index (χ3v) is 5.99. The van der Waals surface area contributed by atoms with E-state index in [1.807, 2.05) is 18.2 Å². The van der Waals surface area contributed by atoms with Crippen molar-refractivity contribution in [3.63, 3.8) is 0 Å². The summed E-state index contributed by atoms with van der Waals surface area (Å²) in [5, 5.41) is 8.59. The van der Waals surface area contributed by atoms with Gasteiger partial charge < -0.3 is 31.4 Å². The average Bonchev–Trinajstić information content (AvgIpc) is 3.29. The zero-order valence-corrected chi connectivity index (χ0v) is 23.0. The number of amides is 4. The number of primary amides is 1. The smallest absolute Gasteiger partial charge is 0.408 e. The molecule has 0 aliphatic carbocycles. The van der Waals surface area contributed by atoms with Gasteiger partial charge in [-0.05, 0) is 93.3 Å². The van der Waals surface area contributed by atoms with Crippen LogP contribution in [0.5, 0.6) is 0 Å². The highest BCUT2D eigenvalue weighted by atomic mass is 19.1. The van der Waals surface area contributed by atoms with Crippen molar-refractivity contribution in [3.8, 4) is 22.4 Å². The molecule has 12 heteroatoms. The number of hydrogen-bond acceptors (Lipinski definition) is 6. The summed E-state index contributed by atoms with van der Waals surface area (Å²) in [6.45, 7) is 5.38. The number of halogens is 1. The molecule has 0 bridgehead atoms. The molecule has 1 atom stereocenters. The largest absolute Gasteiger partial charge is 0.444 e. The molecule has 3 aromatic heterocycles. The Balaban J connectivity index is 1.61. The second-order valence-electron chi connectivity index (χ2n) is 10.3. The first kappa shape index (κ1) is 29.0. The van der Waals surface area contributed by atoms with E-state index >= 15 is 0 Å².